The summed E-state index contributed by atoms with van der Waals surface area (Å²) in [5.41, 5.74) is 1.71. The third-order valence-corrected chi connectivity index (χ3v) is 3.88. The van der Waals surface area contributed by atoms with Gasteiger partial charge in [0, 0.05) is 18.5 Å². The summed E-state index contributed by atoms with van der Waals surface area (Å²) in [5, 5.41) is 8.70. The first-order valence-electron chi connectivity index (χ1n) is 6.33. The van der Waals surface area contributed by atoms with Crippen LogP contribution in [-0.4, -0.2) is 37.4 Å². The summed E-state index contributed by atoms with van der Waals surface area (Å²) in [6.07, 6.45) is 4.71. The highest BCUT2D eigenvalue weighted by Gasteiger charge is 2.16. The Balaban J connectivity index is 2.09. The molecule has 22 heavy (non-hydrogen) atoms. The highest BCUT2D eigenvalue weighted by molar-refractivity contribution is 7.90. The lowest BCUT2D eigenvalue weighted by atomic mass is 10.2. The zero-order chi connectivity index (χ0) is 15.5. The molecule has 7 nitrogen and oxygen atoms in total. The number of hydrogen-bond acceptors (Lipinski definition) is 6. The van der Waals surface area contributed by atoms with E-state index < -0.39 is 11.2 Å². The van der Waals surface area contributed by atoms with Crippen molar-refractivity contribution in [1.29, 1.82) is 5.26 Å². The Hall–Kier alpha value is -2.63. The number of aromatic nitrogens is 4. The van der Waals surface area contributed by atoms with E-state index in [4.69, 9.17) is 10.00 Å². The first-order chi connectivity index (χ1) is 10.7. The summed E-state index contributed by atoms with van der Waals surface area (Å²) in [5.74, 6) is 0.968. The molecule has 0 aliphatic carbocycles. The molecule has 2 aromatic heterocycles. The summed E-state index contributed by atoms with van der Waals surface area (Å²) >= 11 is -1.14. The van der Waals surface area contributed by atoms with Crippen molar-refractivity contribution in [3.63, 3.8) is 0 Å². The van der Waals surface area contributed by atoms with Gasteiger partial charge in [0.25, 0.3) is 0 Å². The van der Waals surface area contributed by atoms with E-state index in [-0.39, 0.29) is 6.61 Å². The van der Waals surface area contributed by atoms with Crippen molar-refractivity contribution in [3.05, 3.63) is 30.6 Å². The average Bonchev–Trinajstić information content (AvgIpc) is 2.96. The Morgan fingerprint density at radius 2 is 2.18 bits per heavy atom. The van der Waals surface area contributed by atoms with Crippen molar-refractivity contribution in [2.75, 3.05) is 12.9 Å². The predicted molar refractivity (Wildman–Crippen MR) is 80.6 cm³/mol. The van der Waals surface area contributed by atoms with Crippen LogP contribution in [0.4, 0.5) is 0 Å². The minimum absolute atomic E-state index is 0.108. The van der Waals surface area contributed by atoms with Gasteiger partial charge in [0.2, 0.25) is 0 Å². The van der Waals surface area contributed by atoms with Gasteiger partial charge >= 0.3 is 0 Å². The normalized spacial score (nSPS) is 12.0. The van der Waals surface area contributed by atoms with Crippen LogP contribution in [0.5, 0.6) is 5.75 Å². The molecule has 0 saturated carbocycles. The first kappa shape index (κ1) is 14.3. The van der Waals surface area contributed by atoms with Crippen LogP contribution < -0.4 is 4.74 Å². The van der Waals surface area contributed by atoms with Crippen molar-refractivity contribution >= 4 is 22.5 Å². The molecule has 0 aliphatic heterocycles. The second kappa shape index (κ2) is 6.01. The van der Waals surface area contributed by atoms with Crippen molar-refractivity contribution in [2.24, 2.45) is 0 Å². The number of rotatable bonds is 4. The zero-order valence-electron chi connectivity index (χ0n) is 11.6. The molecular formula is C14H11N5O2S. The van der Waals surface area contributed by atoms with E-state index in [2.05, 4.69) is 19.9 Å². The van der Waals surface area contributed by atoms with E-state index in [9.17, 15) is 4.55 Å². The molecule has 2 heterocycles. The summed E-state index contributed by atoms with van der Waals surface area (Å²) < 4.78 is 17.0. The topological polar surface area (TPSA) is 111 Å². The number of nitriles is 1. The van der Waals surface area contributed by atoms with Gasteiger partial charge in [-0.15, -0.1) is 0 Å². The predicted octanol–water partition coefficient (Wildman–Crippen LogP) is 1.66. The molecule has 110 valence electrons. The molecule has 0 saturated heterocycles. The maximum atomic E-state index is 11.6. The van der Waals surface area contributed by atoms with E-state index >= 15 is 0 Å². The van der Waals surface area contributed by atoms with Crippen LogP contribution in [0.25, 0.3) is 22.7 Å². The Kier molecular flexibility index (Phi) is 3.91. The highest BCUT2D eigenvalue weighted by atomic mass is 32.2. The standard InChI is InChI=1S/C14H11N5O2S/c1-22(20)9-2-3-10(11(8-9)21-7-4-15)12-18-13-14(19-12)17-6-5-16-13/h2-3,5-6,8H,7H2,1H3,(H,16,17,18,19). The molecule has 0 amide bonds. The number of aromatic amines is 1. The number of nitrogens with one attached hydrogen (secondary N) is 1. The molecule has 1 atom stereocenters. The number of benzene rings is 1. The summed E-state index contributed by atoms with van der Waals surface area (Å²) in [4.78, 5) is 16.3. The summed E-state index contributed by atoms with van der Waals surface area (Å²) in [6.45, 7) is -0.108. The highest BCUT2D eigenvalue weighted by Crippen LogP contribution is 2.31. The average molecular weight is 313 g/mol. The lowest BCUT2D eigenvalue weighted by molar-refractivity contribution is 0.368. The van der Waals surface area contributed by atoms with Crippen molar-refractivity contribution < 1.29 is 9.29 Å². The van der Waals surface area contributed by atoms with Crippen molar-refractivity contribution in [1.82, 2.24) is 19.9 Å². The van der Waals surface area contributed by atoms with Crippen LogP contribution in [0.1, 0.15) is 0 Å². The number of imidazole rings is 1. The van der Waals surface area contributed by atoms with Gasteiger partial charge in [0.1, 0.15) is 23.9 Å². The van der Waals surface area contributed by atoms with Crippen LogP contribution in [0.2, 0.25) is 0 Å². The van der Waals surface area contributed by atoms with Gasteiger partial charge in [-0.2, -0.15) is 5.26 Å². The lowest BCUT2D eigenvalue weighted by Gasteiger charge is -2.10. The zero-order valence-corrected chi connectivity index (χ0v) is 12.4. The van der Waals surface area contributed by atoms with E-state index in [1.54, 1.807) is 36.8 Å². The number of ether oxygens (including phenoxy) is 1. The minimum Gasteiger partial charge on any atom is -0.612 e. The van der Waals surface area contributed by atoms with Gasteiger partial charge in [0.05, 0.1) is 5.56 Å². The molecule has 0 fully saturated rings. The van der Waals surface area contributed by atoms with E-state index in [0.29, 0.717) is 33.3 Å². The SMILES string of the molecule is C[S+]([O-])c1ccc(-c2nc3nccnc3[nH]2)c(OCC#N)c1. The van der Waals surface area contributed by atoms with E-state index in [1.165, 1.54) is 0 Å². The monoisotopic (exact) mass is 313 g/mol. The lowest BCUT2D eigenvalue weighted by Crippen LogP contribution is -2.01. The number of fused-ring (bicyclic) bond motifs is 1. The third-order valence-electron chi connectivity index (χ3n) is 2.97. The van der Waals surface area contributed by atoms with Crippen LogP contribution in [0.3, 0.4) is 0 Å². The van der Waals surface area contributed by atoms with Crippen LogP contribution >= 0.6 is 0 Å². The minimum atomic E-state index is -1.14. The largest absolute Gasteiger partial charge is 0.612 e. The smallest absolute Gasteiger partial charge is 0.197 e. The van der Waals surface area contributed by atoms with Crippen LogP contribution in [0, 0.1) is 11.3 Å². The van der Waals surface area contributed by atoms with Crippen LogP contribution in [0.15, 0.2) is 35.5 Å². The molecule has 0 radical (unpaired) electrons. The Morgan fingerprint density at radius 1 is 1.36 bits per heavy atom. The second-order valence-corrected chi connectivity index (χ2v) is 5.75. The summed E-state index contributed by atoms with van der Waals surface area (Å²) in [6, 6.07) is 7.05. The fraction of sp³-hybridized carbons (Fsp3) is 0.143. The Labute approximate surface area is 129 Å². The first-order valence-corrected chi connectivity index (χ1v) is 7.89. The fourth-order valence-electron chi connectivity index (χ4n) is 1.98. The van der Waals surface area contributed by atoms with Gasteiger partial charge in [-0.3, -0.25) is 0 Å². The molecule has 3 aromatic rings. The van der Waals surface area contributed by atoms with E-state index in [1.807, 2.05) is 6.07 Å². The van der Waals surface area contributed by atoms with Crippen molar-refractivity contribution in [2.45, 2.75) is 4.90 Å². The molecular weight excluding hydrogens is 302 g/mol. The van der Waals surface area contributed by atoms with Gasteiger partial charge in [-0.05, 0) is 23.3 Å². The Bertz CT molecular complexity index is 823. The fourth-order valence-corrected chi connectivity index (χ4v) is 2.51. The molecule has 0 spiro atoms. The maximum absolute atomic E-state index is 11.6. The quantitative estimate of drug-likeness (QED) is 0.733. The third kappa shape index (κ3) is 2.72. The van der Waals surface area contributed by atoms with E-state index in [0.717, 1.165) is 0 Å². The molecule has 3 rings (SSSR count). The molecule has 1 unspecified atom stereocenters. The maximum Gasteiger partial charge on any atom is 0.197 e. The van der Waals surface area contributed by atoms with Gasteiger partial charge in [0.15, 0.2) is 22.8 Å². The van der Waals surface area contributed by atoms with Gasteiger partial charge in [-0.1, -0.05) is 0 Å². The second-order valence-electron chi connectivity index (χ2n) is 4.37. The van der Waals surface area contributed by atoms with Crippen molar-refractivity contribution in [3.8, 4) is 23.2 Å². The molecule has 0 aliphatic rings. The Morgan fingerprint density at radius 3 is 2.91 bits per heavy atom. The molecule has 0 bridgehead atoms. The van der Waals surface area contributed by atoms with Gasteiger partial charge in [-0.25, -0.2) is 15.0 Å². The van der Waals surface area contributed by atoms with Gasteiger partial charge < -0.3 is 14.3 Å². The number of hydrogen-bond donors (Lipinski definition) is 1. The molecule has 1 N–H and O–H groups in total. The summed E-state index contributed by atoms with van der Waals surface area (Å²) in [7, 11) is 0. The molecule has 1 aromatic carbocycles. The number of H-pyrrole nitrogens is 1. The number of nitrogens with zero attached hydrogens (tertiary/aromatic N) is 4. The molecule has 8 heteroatoms. The van der Waals surface area contributed by atoms with Crippen LogP contribution in [-0.2, 0) is 11.2 Å².